The van der Waals surface area contributed by atoms with E-state index >= 15 is 0 Å². The first-order valence-electron chi connectivity index (χ1n) is 9.81. The van der Waals surface area contributed by atoms with E-state index in [2.05, 4.69) is 28.2 Å². The number of nitrogens with one attached hydrogen (secondary N) is 1. The predicted octanol–water partition coefficient (Wildman–Crippen LogP) is 3.80. The first kappa shape index (κ1) is 17.0. The molecule has 138 valence electrons. The summed E-state index contributed by atoms with van der Waals surface area (Å²) < 4.78 is 8.09. The summed E-state index contributed by atoms with van der Waals surface area (Å²) in [5.41, 5.74) is 0.999. The minimum atomic E-state index is -0.431. The van der Waals surface area contributed by atoms with Crippen molar-refractivity contribution in [2.24, 2.45) is 0 Å². The van der Waals surface area contributed by atoms with Gasteiger partial charge >= 0.3 is 6.09 Å². The Kier molecular flexibility index (Phi) is 4.10. The number of hydrogen-bond donors (Lipinski definition) is 1. The van der Waals surface area contributed by atoms with Gasteiger partial charge in [-0.05, 0) is 58.6 Å². The Morgan fingerprint density at radius 3 is 2.68 bits per heavy atom. The van der Waals surface area contributed by atoms with Crippen LogP contribution in [0.3, 0.4) is 0 Å². The lowest BCUT2D eigenvalue weighted by Crippen LogP contribution is -2.61. The van der Waals surface area contributed by atoms with Crippen molar-refractivity contribution < 1.29 is 9.53 Å². The van der Waals surface area contributed by atoms with Gasteiger partial charge in [-0.25, -0.2) is 4.79 Å². The molecule has 25 heavy (non-hydrogen) atoms. The summed E-state index contributed by atoms with van der Waals surface area (Å²) in [5.74, 6) is 0. The highest BCUT2D eigenvalue weighted by molar-refractivity contribution is 5.68. The number of fused-ring (bicyclic) bond motifs is 4. The van der Waals surface area contributed by atoms with Crippen LogP contribution >= 0.6 is 0 Å². The van der Waals surface area contributed by atoms with Crippen molar-refractivity contribution in [3.63, 3.8) is 0 Å². The zero-order chi connectivity index (χ0) is 17.7. The number of amides is 1. The predicted molar refractivity (Wildman–Crippen MR) is 97.6 cm³/mol. The maximum absolute atomic E-state index is 12.4. The van der Waals surface area contributed by atoms with E-state index in [4.69, 9.17) is 4.74 Å². The number of hydrogen-bond acceptors (Lipinski definition) is 3. The Morgan fingerprint density at radius 2 is 1.96 bits per heavy atom. The van der Waals surface area contributed by atoms with Gasteiger partial charge in [0.15, 0.2) is 0 Å². The Bertz CT molecular complexity index is 638. The maximum Gasteiger partial charge on any atom is 0.410 e. The molecule has 5 heteroatoms. The van der Waals surface area contributed by atoms with E-state index in [-0.39, 0.29) is 11.6 Å². The van der Waals surface area contributed by atoms with Gasteiger partial charge in [0.2, 0.25) is 0 Å². The minimum Gasteiger partial charge on any atom is -0.444 e. The van der Waals surface area contributed by atoms with Crippen LogP contribution in [0.5, 0.6) is 0 Å². The van der Waals surface area contributed by atoms with Crippen molar-refractivity contribution in [3.05, 3.63) is 24.0 Å². The van der Waals surface area contributed by atoms with E-state index in [0.29, 0.717) is 12.1 Å². The van der Waals surface area contributed by atoms with Crippen LogP contribution in [0.4, 0.5) is 4.79 Å². The molecule has 0 radical (unpaired) electrons. The molecule has 2 aliphatic heterocycles. The number of carbonyl (C=O) groups is 1. The van der Waals surface area contributed by atoms with Crippen LogP contribution in [-0.2, 0) is 10.3 Å². The van der Waals surface area contributed by atoms with Crippen molar-refractivity contribution in [3.8, 4) is 0 Å². The molecule has 5 nitrogen and oxygen atoms in total. The Labute approximate surface area is 150 Å². The summed E-state index contributed by atoms with van der Waals surface area (Å²) >= 11 is 0. The molecule has 1 aliphatic carbocycles. The number of aromatic nitrogens is 1. The number of rotatable bonds is 0. The largest absolute Gasteiger partial charge is 0.444 e. The molecule has 1 spiro atoms. The van der Waals surface area contributed by atoms with Crippen LogP contribution in [0.25, 0.3) is 0 Å². The molecule has 2 fully saturated rings. The van der Waals surface area contributed by atoms with Crippen LogP contribution in [0.1, 0.15) is 71.0 Å². The smallest absolute Gasteiger partial charge is 0.410 e. The molecule has 1 N–H and O–H groups in total. The monoisotopic (exact) mass is 345 g/mol. The summed E-state index contributed by atoms with van der Waals surface area (Å²) in [4.78, 5) is 14.3. The van der Waals surface area contributed by atoms with E-state index in [1.165, 1.54) is 31.4 Å². The highest BCUT2D eigenvalue weighted by atomic mass is 16.6. The third-order valence-electron chi connectivity index (χ3n) is 6.09. The molecule has 1 aromatic heterocycles. The van der Waals surface area contributed by atoms with Crippen LogP contribution in [0, 0.1) is 0 Å². The first-order valence-corrected chi connectivity index (χ1v) is 9.81. The third kappa shape index (κ3) is 3.07. The number of likely N-dealkylation sites (tertiary alicyclic amines) is 1. The first-order chi connectivity index (χ1) is 11.9. The second-order valence-corrected chi connectivity index (χ2v) is 8.95. The highest BCUT2D eigenvalue weighted by Gasteiger charge is 2.47. The van der Waals surface area contributed by atoms with Crippen LogP contribution in [0.15, 0.2) is 18.3 Å². The van der Waals surface area contributed by atoms with Crippen LogP contribution in [0.2, 0.25) is 0 Å². The molecule has 0 bridgehead atoms. The van der Waals surface area contributed by atoms with Gasteiger partial charge in [-0.2, -0.15) is 0 Å². The van der Waals surface area contributed by atoms with E-state index in [1.54, 1.807) is 0 Å². The Morgan fingerprint density at radius 1 is 1.24 bits per heavy atom. The number of ether oxygens (including phenoxy) is 1. The summed E-state index contributed by atoms with van der Waals surface area (Å²) in [6.07, 6.45) is 9.20. The van der Waals surface area contributed by atoms with Gasteiger partial charge in [0.1, 0.15) is 5.60 Å². The highest BCUT2D eigenvalue weighted by Crippen LogP contribution is 2.43. The zero-order valence-corrected chi connectivity index (χ0v) is 15.8. The molecule has 1 amide bonds. The van der Waals surface area contributed by atoms with Gasteiger partial charge < -0.3 is 19.5 Å². The summed E-state index contributed by atoms with van der Waals surface area (Å²) in [7, 11) is 0. The fourth-order valence-corrected chi connectivity index (χ4v) is 4.93. The zero-order valence-electron chi connectivity index (χ0n) is 15.8. The average Bonchev–Trinajstić information content (AvgIpc) is 3.05. The van der Waals surface area contributed by atoms with Gasteiger partial charge in [0.05, 0.1) is 5.54 Å². The second-order valence-electron chi connectivity index (χ2n) is 8.95. The minimum absolute atomic E-state index is 0.0144. The molecule has 1 aromatic rings. The van der Waals surface area contributed by atoms with Crippen molar-refractivity contribution in [2.45, 2.75) is 82.5 Å². The van der Waals surface area contributed by atoms with Crippen molar-refractivity contribution in [2.75, 3.05) is 13.1 Å². The maximum atomic E-state index is 12.4. The van der Waals surface area contributed by atoms with Crippen LogP contribution < -0.4 is 5.32 Å². The molecule has 2 atom stereocenters. The second kappa shape index (κ2) is 6.04. The molecule has 1 saturated carbocycles. The van der Waals surface area contributed by atoms with Gasteiger partial charge in [-0.15, -0.1) is 0 Å². The molecule has 1 saturated heterocycles. The quantitative estimate of drug-likeness (QED) is 0.778. The van der Waals surface area contributed by atoms with E-state index in [9.17, 15) is 4.79 Å². The third-order valence-corrected chi connectivity index (χ3v) is 6.09. The Balaban J connectivity index is 1.51. The number of piperidine rings is 1. The van der Waals surface area contributed by atoms with Crippen LogP contribution in [-0.4, -0.2) is 40.3 Å². The van der Waals surface area contributed by atoms with Crippen molar-refractivity contribution >= 4 is 6.09 Å². The molecule has 3 aliphatic rings. The topological polar surface area (TPSA) is 46.5 Å². The van der Waals surface area contributed by atoms with Crippen molar-refractivity contribution in [1.82, 2.24) is 14.8 Å². The normalized spacial score (nSPS) is 28.4. The average molecular weight is 345 g/mol. The standard InChI is InChI=1S/C20H31N3O2/c1-19(2,3)25-18(24)22-13-10-20(11-14-22)17-9-6-12-23(17)16-8-5-4-7-15(16)21-20/h6,9,12,15-16,21H,4-5,7-8,10-11,13-14H2,1-3H3/t15-,16-/m0/s1. The Hall–Kier alpha value is -1.49. The summed E-state index contributed by atoms with van der Waals surface area (Å²) in [5, 5.41) is 4.02. The molecule has 0 aromatic carbocycles. The number of nitrogens with zero attached hydrogens (tertiary/aromatic N) is 2. The summed E-state index contributed by atoms with van der Waals surface area (Å²) in [6, 6.07) is 5.65. The number of carbonyl (C=O) groups excluding carboxylic acids is 1. The lowest BCUT2D eigenvalue weighted by atomic mass is 9.77. The van der Waals surface area contributed by atoms with Gasteiger partial charge in [0, 0.05) is 37.1 Å². The fraction of sp³-hybridized carbons (Fsp3) is 0.750. The molecule has 4 rings (SSSR count). The fourth-order valence-electron chi connectivity index (χ4n) is 4.93. The summed E-state index contributed by atoms with van der Waals surface area (Å²) in [6.45, 7) is 7.29. The lowest BCUT2D eigenvalue weighted by molar-refractivity contribution is 0.00848. The lowest BCUT2D eigenvalue weighted by Gasteiger charge is -2.52. The van der Waals surface area contributed by atoms with E-state index in [1.807, 2.05) is 25.7 Å². The molecule has 0 unspecified atom stereocenters. The van der Waals surface area contributed by atoms with Gasteiger partial charge in [0.25, 0.3) is 0 Å². The molecular formula is C20H31N3O2. The van der Waals surface area contributed by atoms with E-state index < -0.39 is 5.60 Å². The SMILES string of the molecule is CC(C)(C)OC(=O)N1CCC2(CC1)N[C@H]1CCCC[C@@H]1n1cccc12. The van der Waals surface area contributed by atoms with Gasteiger partial charge in [-0.3, -0.25) is 0 Å². The van der Waals surface area contributed by atoms with Gasteiger partial charge in [-0.1, -0.05) is 12.8 Å². The molecule has 3 heterocycles. The molecular weight excluding hydrogens is 314 g/mol. The van der Waals surface area contributed by atoms with E-state index in [0.717, 1.165) is 25.9 Å². The van der Waals surface area contributed by atoms with Crippen molar-refractivity contribution in [1.29, 1.82) is 0 Å².